The van der Waals surface area contributed by atoms with Crippen LogP contribution in [0.5, 0.6) is 0 Å². The van der Waals surface area contributed by atoms with Crippen molar-refractivity contribution in [3.63, 3.8) is 0 Å². The van der Waals surface area contributed by atoms with Crippen molar-refractivity contribution >= 4 is 6.29 Å². The quantitative estimate of drug-likeness (QED) is 0.561. The third kappa shape index (κ3) is 7.49. The van der Waals surface area contributed by atoms with Crippen molar-refractivity contribution in [2.75, 3.05) is 65.6 Å². The predicted molar refractivity (Wildman–Crippen MR) is 91.3 cm³/mol. The normalized spacial score (nSPS) is 24.4. The number of carbonyl (C=O) groups is 1. The fourth-order valence-corrected chi connectivity index (χ4v) is 2.88. The number of rotatable bonds is 5. The van der Waals surface area contributed by atoms with E-state index >= 15 is 0 Å². The van der Waals surface area contributed by atoms with Crippen molar-refractivity contribution in [2.24, 2.45) is 0 Å². The first-order valence-electron chi connectivity index (χ1n) is 8.41. The molecule has 0 aromatic heterocycles. The SMILES string of the molecule is C=C(C)CN1CCN(CC)CCOCCN(CC=O)C(C)C1. The van der Waals surface area contributed by atoms with Gasteiger partial charge < -0.3 is 14.4 Å². The summed E-state index contributed by atoms with van der Waals surface area (Å²) in [5.74, 6) is 0. The van der Waals surface area contributed by atoms with Gasteiger partial charge in [0, 0.05) is 45.3 Å². The van der Waals surface area contributed by atoms with Gasteiger partial charge in [-0.05, 0) is 20.4 Å². The van der Waals surface area contributed by atoms with Gasteiger partial charge in [-0.15, -0.1) is 0 Å². The first kappa shape index (κ1) is 19.3. The zero-order valence-corrected chi connectivity index (χ0v) is 14.6. The molecule has 1 atom stereocenters. The number of likely N-dealkylation sites (N-methyl/N-ethyl adjacent to an activating group) is 1. The first-order valence-corrected chi connectivity index (χ1v) is 8.41. The molecular weight excluding hydrogens is 278 g/mol. The van der Waals surface area contributed by atoms with Gasteiger partial charge in [0.1, 0.15) is 6.29 Å². The lowest BCUT2D eigenvalue weighted by molar-refractivity contribution is -0.109. The van der Waals surface area contributed by atoms with Gasteiger partial charge in [0.25, 0.3) is 0 Å². The summed E-state index contributed by atoms with van der Waals surface area (Å²) in [6.07, 6.45) is 0.990. The Labute approximate surface area is 135 Å². The van der Waals surface area contributed by atoms with Gasteiger partial charge in [0.05, 0.1) is 19.8 Å². The fraction of sp³-hybridized carbons (Fsp3) is 0.824. The Kier molecular flexibility index (Phi) is 9.55. The van der Waals surface area contributed by atoms with Crippen LogP contribution in [0.25, 0.3) is 0 Å². The van der Waals surface area contributed by atoms with Gasteiger partial charge in [-0.25, -0.2) is 0 Å². The number of nitrogens with zero attached hydrogens (tertiary/aromatic N) is 3. The lowest BCUT2D eigenvalue weighted by atomic mass is 10.2. The second kappa shape index (κ2) is 10.9. The summed E-state index contributed by atoms with van der Waals surface area (Å²) in [6.45, 7) is 19.2. The fourth-order valence-electron chi connectivity index (χ4n) is 2.88. The Balaban J connectivity index is 2.72. The van der Waals surface area contributed by atoms with Crippen LogP contribution in [-0.4, -0.2) is 92.6 Å². The van der Waals surface area contributed by atoms with Crippen LogP contribution in [0.2, 0.25) is 0 Å². The van der Waals surface area contributed by atoms with Gasteiger partial charge in [0.15, 0.2) is 0 Å². The average Bonchev–Trinajstić information content (AvgIpc) is 2.46. The van der Waals surface area contributed by atoms with Crippen molar-refractivity contribution in [1.82, 2.24) is 14.7 Å². The van der Waals surface area contributed by atoms with Crippen molar-refractivity contribution < 1.29 is 9.53 Å². The van der Waals surface area contributed by atoms with E-state index in [1.165, 1.54) is 5.57 Å². The number of hydrogen-bond acceptors (Lipinski definition) is 5. The predicted octanol–water partition coefficient (Wildman–Crippen LogP) is 1.11. The van der Waals surface area contributed by atoms with Crippen LogP contribution in [0.4, 0.5) is 0 Å². The van der Waals surface area contributed by atoms with E-state index in [1.54, 1.807) is 0 Å². The Hall–Kier alpha value is -0.750. The highest BCUT2D eigenvalue weighted by Gasteiger charge is 2.18. The molecule has 0 aliphatic carbocycles. The van der Waals surface area contributed by atoms with E-state index in [0.29, 0.717) is 19.2 Å². The van der Waals surface area contributed by atoms with E-state index in [-0.39, 0.29) is 0 Å². The summed E-state index contributed by atoms with van der Waals surface area (Å²) >= 11 is 0. The van der Waals surface area contributed by atoms with E-state index < -0.39 is 0 Å². The van der Waals surface area contributed by atoms with Crippen LogP contribution >= 0.6 is 0 Å². The minimum Gasteiger partial charge on any atom is -0.379 e. The van der Waals surface area contributed by atoms with E-state index in [9.17, 15) is 4.79 Å². The highest BCUT2D eigenvalue weighted by atomic mass is 16.5. The second-order valence-electron chi connectivity index (χ2n) is 6.25. The third-order valence-electron chi connectivity index (χ3n) is 4.20. The molecule has 1 heterocycles. The molecule has 1 saturated heterocycles. The van der Waals surface area contributed by atoms with Gasteiger partial charge in [0.2, 0.25) is 0 Å². The Bertz CT molecular complexity index is 336. The van der Waals surface area contributed by atoms with E-state index in [0.717, 1.165) is 58.7 Å². The maximum atomic E-state index is 10.9. The van der Waals surface area contributed by atoms with Crippen LogP contribution in [0, 0.1) is 0 Å². The minimum absolute atomic E-state index is 0.336. The molecule has 0 amide bonds. The maximum Gasteiger partial charge on any atom is 0.133 e. The molecule has 0 bridgehead atoms. The molecule has 1 rings (SSSR count). The summed E-state index contributed by atoms with van der Waals surface area (Å²) in [4.78, 5) is 18.0. The number of carbonyl (C=O) groups excluding carboxylic acids is 1. The van der Waals surface area contributed by atoms with Gasteiger partial charge in [-0.1, -0.05) is 19.1 Å². The third-order valence-corrected chi connectivity index (χ3v) is 4.20. The second-order valence-corrected chi connectivity index (χ2v) is 6.25. The van der Waals surface area contributed by atoms with E-state index in [2.05, 4.69) is 42.0 Å². The largest absolute Gasteiger partial charge is 0.379 e. The first-order chi connectivity index (χ1) is 10.6. The van der Waals surface area contributed by atoms with Crippen molar-refractivity contribution in [3.8, 4) is 0 Å². The monoisotopic (exact) mass is 311 g/mol. The number of aldehydes is 1. The summed E-state index contributed by atoms with van der Waals surface area (Å²) in [5.41, 5.74) is 1.19. The van der Waals surface area contributed by atoms with Crippen LogP contribution < -0.4 is 0 Å². The Morgan fingerprint density at radius 2 is 1.91 bits per heavy atom. The Morgan fingerprint density at radius 1 is 1.23 bits per heavy atom. The minimum atomic E-state index is 0.336. The highest BCUT2D eigenvalue weighted by molar-refractivity contribution is 5.52. The molecule has 5 nitrogen and oxygen atoms in total. The number of ether oxygens (including phenoxy) is 1. The maximum absolute atomic E-state index is 10.9. The lowest BCUT2D eigenvalue weighted by Crippen LogP contribution is -2.47. The van der Waals surface area contributed by atoms with Crippen molar-refractivity contribution in [3.05, 3.63) is 12.2 Å². The summed E-state index contributed by atoms with van der Waals surface area (Å²) < 4.78 is 5.73. The highest BCUT2D eigenvalue weighted by Crippen LogP contribution is 2.06. The average molecular weight is 311 g/mol. The molecule has 0 N–H and O–H groups in total. The number of hydrogen-bond donors (Lipinski definition) is 0. The summed E-state index contributed by atoms with van der Waals surface area (Å²) in [7, 11) is 0. The van der Waals surface area contributed by atoms with Gasteiger partial charge in [-0.2, -0.15) is 0 Å². The molecule has 22 heavy (non-hydrogen) atoms. The molecule has 1 aliphatic rings. The topological polar surface area (TPSA) is 36.0 Å². The smallest absolute Gasteiger partial charge is 0.133 e. The van der Waals surface area contributed by atoms with Gasteiger partial charge >= 0.3 is 0 Å². The molecule has 0 saturated carbocycles. The summed E-state index contributed by atoms with van der Waals surface area (Å²) in [5, 5.41) is 0. The Morgan fingerprint density at radius 3 is 2.55 bits per heavy atom. The molecule has 0 spiro atoms. The van der Waals surface area contributed by atoms with Crippen molar-refractivity contribution in [2.45, 2.75) is 26.8 Å². The van der Waals surface area contributed by atoms with Crippen LogP contribution in [-0.2, 0) is 9.53 Å². The zero-order chi connectivity index (χ0) is 16.4. The van der Waals surface area contributed by atoms with Crippen LogP contribution in [0.1, 0.15) is 20.8 Å². The van der Waals surface area contributed by atoms with Crippen LogP contribution in [0.15, 0.2) is 12.2 Å². The van der Waals surface area contributed by atoms with E-state index in [4.69, 9.17) is 4.74 Å². The van der Waals surface area contributed by atoms with Crippen molar-refractivity contribution in [1.29, 1.82) is 0 Å². The molecule has 5 heteroatoms. The molecule has 0 radical (unpaired) electrons. The molecular formula is C17H33N3O2. The molecule has 128 valence electrons. The molecule has 1 fully saturated rings. The molecule has 1 unspecified atom stereocenters. The van der Waals surface area contributed by atoms with E-state index in [1.807, 2.05) is 0 Å². The molecule has 0 aromatic carbocycles. The standard InChI is InChI=1S/C17H33N3O2/c1-5-18-6-7-19(14-16(2)3)15-17(4)20(8-11-21)10-13-22-12-9-18/h11,17H,2,5-10,12-15H2,1,3-4H3. The molecule has 1 aliphatic heterocycles. The zero-order valence-electron chi connectivity index (χ0n) is 14.6. The molecule has 0 aromatic rings. The van der Waals surface area contributed by atoms with Gasteiger partial charge in [-0.3, -0.25) is 9.80 Å². The summed E-state index contributed by atoms with van der Waals surface area (Å²) in [6, 6.07) is 0.336. The lowest BCUT2D eigenvalue weighted by Gasteiger charge is -2.34. The van der Waals surface area contributed by atoms with Crippen LogP contribution in [0.3, 0.4) is 0 Å².